The maximum absolute atomic E-state index is 4.09. The molecule has 0 amide bonds. The lowest BCUT2D eigenvalue weighted by atomic mass is 10.0. The molecule has 3 nitrogen and oxygen atoms in total. The first-order chi connectivity index (χ1) is 11.3. The van der Waals surface area contributed by atoms with Crippen LogP contribution in [0, 0.1) is 0 Å². The van der Waals surface area contributed by atoms with Crippen LogP contribution < -0.4 is 5.32 Å². The van der Waals surface area contributed by atoms with E-state index < -0.39 is 0 Å². The third kappa shape index (κ3) is 4.11. The Bertz CT molecular complexity index is 624. The predicted molar refractivity (Wildman–Crippen MR) is 97.0 cm³/mol. The van der Waals surface area contributed by atoms with Crippen molar-refractivity contribution < 1.29 is 0 Å². The first-order valence-electron chi connectivity index (χ1n) is 8.75. The van der Waals surface area contributed by atoms with E-state index in [1.54, 1.807) is 0 Å². The number of hydrogen-bond donors (Lipinski definition) is 1. The van der Waals surface area contributed by atoms with E-state index in [2.05, 4.69) is 59.4 Å². The lowest BCUT2D eigenvalue weighted by Gasteiger charge is -2.28. The lowest BCUT2D eigenvalue weighted by Crippen LogP contribution is -2.36. The molecule has 1 aromatic heterocycles. The summed E-state index contributed by atoms with van der Waals surface area (Å²) in [7, 11) is 0. The van der Waals surface area contributed by atoms with Gasteiger partial charge in [-0.2, -0.15) is 0 Å². The Balaban J connectivity index is 1.58. The molecule has 2 heterocycles. The van der Waals surface area contributed by atoms with Gasteiger partial charge in [-0.25, -0.2) is 0 Å². The molecule has 0 fully saturated rings. The van der Waals surface area contributed by atoms with Gasteiger partial charge in [-0.3, -0.25) is 4.98 Å². The van der Waals surface area contributed by atoms with Crippen molar-refractivity contribution in [2.45, 2.75) is 39.2 Å². The van der Waals surface area contributed by atoms with Crippen molar-refractivity contribution in [2.24, 2.45) is 0 Å². The second kappa shape index (κ2) is 7.60. The van der Waals surface area contributed by atoms with E-state index >= 15 is 0 Å². The van der Waals surface area contributed by atoms with Crippen molar-refractivity contribution in [3.8, 4) is 0 Å². The molecule has 0 aliphatic carbocycles. The molecule has 1 aromatic carbocycles. The summed E-state index contributed by atoms with van der Waals surface area (Å²) in [5.41, 5.74) is 5.64. The fraction of sp³-hybridized carbons (Fsp3) is 0.450. The smallest absolute Gasteiger partial charge is 0.0373 e. The van der Waals surface area contributed by atoms with Crippen LogP contribution in [0.1, 0.15) is 30.5 Å². The molecule has 1 aliphatic heterocycles. The molecule has 3 rings (SSSR count). The summed E-state index contributed by atoms with van der Waals surface area (Å²) >= 11 is 0. The first kappa shape index (κ1) is 16.0. The van der Waals surface area contributed by atoms with Crippen LogP contribution in [0.3, 0.4) is 0 Å². The Morgan fingerprint density at radius 1 is 1.17 bits per heavy atom. The van der Waals surface area contributed by atoms with Crippen LogP contribution in [0.4, 0.5) is 5.69 Å². The zero-order chi connectivity index (χ0) is 16.1. The summed E-state index contributed by atoms with van der Waals surface area (Å²) in [5, 5.41) is 3.44. The molecular formula is C20H27N3. The largest absolute Gasteiger partial charge is 0.384 e. The molecule has 0 bridgehead atoms. The van der Waals surface area contributed by atoms with E-state index in [0.717, 1.165) is 38.9 Å². The number of aromatic nitrogens is 1. The van der Waals surface area contributed by atoms with Gasteiger partial charge in [0.25, 0.3) is 0 Å². The van der Waals surface area contributed by atoms with E-state index in [1.807, 2.05) is 12.4 Å². The van der Waals surface area contributed by atoms with Crippen LogP contribution in [0.2, 0.25) is 0 Å². The number of benzene rings is 1. The minimum absolute atomic E-state index is 0.564. The van der Waals surface area contributed by atoms with Gasteiger partial charge >= 0.3 is 0 Å². The average molecular weight is 309 g/mol. The minimum Gasteiger partial charge on any atom is -0.384 e. The molecule has 3 heteroatoms. The molecule has 0 radical (unpaired) electrons. The predicted octanol–water partition coefficient (Wildman–Crippen LogP) is 3.55. The number of rotatable bonds is 7. The van der Waals surface area contributed by atoms with Crippen molar-refractivity contribution in [1.82, 2.24) is 9.88 Å². The van der Waals surface area contributed by atoms with Crippen molar-refractivity contribution in [3.05, 3.63) is 59.4 Å². The minimum atomic E-state index is 0.564. The molecule has 23 heavy (non-hydrogen) atoms. The van der Waals surface area contributed by atoms with Gasteiger partial charge < -0.3 is 10.2 Å². The summed E-state index contributed by atoms with van der Waals surface area (Å²) in [6.07, 6.45) is 7.14. The Morgan fingerprint density at radius 2 is 2.00 bits per heavy atom. The number of nitrogens with zero attached hydrogens (tertiary/aromatic N) is 2. The van der Waals surface area contributed by atoms with E-state index in [-0.39, 0.29) is 0 Å². The highest BCUT2D eigenvalue weighted by Gasteiger charge is 2.15. The summed E-state index contributed by atoms with van der Waals surface area (Å²) in [6, 6.07) is 11.7. The monoisotopic (exact) mass is 309 g/mol. The van der Waals surface area contributed by atoms with Crippen LogP contribution in [0.5, 0.6) is 0 Å². The van der Waals surface area contributed by atoms with Gasteiger partial charge in [-0.05, 0) is 67.6 Å². The molecule has 1 N–H and O–H groups in total. The van der Waals surface area contributed by atoms with Gasteiger partial charge in [0, 0.05) is 37.2 Å². The van der Waals surface area contributed by atoms with Crippen molar-refractivity contribution in [1.29, 1.82) is 0 Å². The number of fused-ring (bicyclic) bond motifs is 1. The number of pyridine rings is 1. The van der Waals surface area contributed by atoms with Crippen molar-refractivity contribution in [2.75, 3.05) is 25.0 Å². The summed E-state index contributed by atoms with van der Waals surface area (Å²) in [4.78, 5) is 6.67. The Morgan fingerprint density at radius 3 is 2.78 bits per heavy atom. The maximum Gasteiger partial charge on any atom is 0.0373 e. The highest BCUT2D eigenvalue weighted by Crippen LogP contribution is 2.24. The van der Waals surface area contributed by atoms with Gasteiger partial charge in [0.2, 0.25) is 0 Å². The zero-order valence-electron chi connectivity index (χ0n) is 14.3. The quantitative estimate of drug-likeness (QED) is 0.848. The molecule has 1 atom stereocenters. The molecule has 0 spiro atoms. The maximum atomic E-state index is 4.09. The highest BCUT2D eigenvalue weighted by molar-refractivity contribution is 5.56. The van der Waals surface area contributed by atoms with E-state index in [0.29, 0.717) is 6.04 Å². The molecular weight excluding hydrogens is 282 g/mol. The molecule has 1 unspecified atom stereocenters. The van der Waals surface area contributed by atoms with E-state index in [4.69, 9.17) is 0 Å². The van der Waals surface area contributed by atoms with Gasteiger partial charge in [0.05, 0.1) is 0 Å². The van der Waals surface area contributed by atoms with Crippen molar-refractivity contribution in [3.63, 3.8) is 0 Å². The van der Waals surface area contributed by atoms with Crippen LogP contribution in [-0.4, -0.2) is 35.6 Å². The number of likely N-dealkylation sites (N-methyl/N-ethyl adjacent to an activating group) is 1. The summed E-state index contributed by atoms with van der Waals surface area (Å²) in [6.45, 7) is 7.89. The molecule has 0 saturated heterocycles. The summed E-state index contributed by atoms with van der Waals surface area (Å²) in [5.74, 6) is 0. The topological polar surface area (TPSA) is 28.2 Å². The van der Waals surface area contributed by atoms with Crippen LogP contribution in [0.25, 0.3) is 0 Å². The Hall–Kier alpha value is -1.87. The SMILES string of the molecule is CCN(CCc1ccncc1)C(C)Cc1ccc2c(c1)CCN2. The standard InChI is InChI=1S/C20H27N3/c1-3-23(13-9-17-6-10-21-11-7-17)16(2)14-18-4-5-20-19(15-18)8-12-22-20/h4-7,10-11,15-16,22H,3,8-9,12-14H2,1-2H3. The molecule has 1 aliphatic rings. The van der Waals surface area contributed by atoms with Crippen molar-refractivity contribution >= 4 is 5.69 Å². The van der Waals surface area contributed by atoms with Crippen LogP contribution in [-0.2, 0) is 19.3 Å². The van der Waals surface area contributed by atoms with Gasteiger partial charge in [-0.15, -0.1) is 0 Å². The zero-order valence-corrected chi connectivity index (χ0v) is 14.3. The molecule has 122 valence electrons. The van der Waals surface area contributed by atoms with Crippen LogP contribution in [0.15, 0.2) is 42.7 Å². The Labute approximate surface area is 139 Å². The number of nitrogens with one attached hydrogen (secondary N) is 1. The third-order valence-electron chi connectivity index (χ3n) is 4.88. The molecule has 0 saturated carbocycles. The van der Waals surface area contributed by atoms with E-state index in [9.17, 15) is 0 Å². The first-order valence-corrected chi connectivity index (χ1v) is 8.75. The Kier molecular flexibility index (Phi) is 5.29. The molecule has 2 aromatic rings. The van der Waals surface area contributed by atoms with E-state index in [1.165, 1.54) is 22.4 Å². The lowest BCUT2D eigenvalue weighted by molar-refractivity contribution is 0.221. The number of anilines is 1. The fourth-order valence-corrected chi connectivity index (χ4v) is 3.47. The second-order valence-corrected chi connectivity index (χ2v) is 6.46. The third-order valence-corrected chi connectivity index (χ3v) is 4.88. The van der Waals surface area contributed by atoms with Crippen LogP contribution >= 0.6 is 0 Å². The average Bonchev–Trinajstić information content (AvgIpc) is 3.04. The number of hydrogen-bond acceptors (Lipinski definition) is 3. The van der Waals surface area contributed by atoms with Gasteiger partial charge in [0.1, 0.15) is 0 Å². The fourth-order valence-electron chi connectivity index (χ4n) is 3.47. The highest BCUT2D eigenvalue weighted by atomic mass is 15.1. The van der Waals surface area contributed by atoms with Gasteiger partial charge in [0.15, 0.2) is 0 Å². The summed E-state index contributed by atoms with van der Waals surface area (Å²) < 4.78 is 0. The normalized spacial score (nSPS) is 14.6. The second-order valence-electron chi connectivity index (χ2n) is 6.46. The van der Waals surface area contributed by atoms with Gasteiger partial charge in [-0.1, -0.05) is 19.1 Å².